The Labute approximate surface area is 95.8 Å². The summed E-state index contributed by atoms with van der Waals surface area (Å²) < 4.78 is 18.8. The van der Waals surface area contributed by atoms with Gasteiger partial charge < -0.3 is 4.74 Å². The number of nitrogens with zero attached hydrogens (tertiary/aromatic N) is 1. The van der Waals surface area contributed by atoms with E-state index in [1.807, 2.05) is 0 Å². The molecule has 5 nitrogen and oxygen atoms in total. The second-order valence-corrected chi connectivity index (χ2v) is 3.74. The van der Waals surface area contributed by atoms with Crippen LogP contribution in [-0.2, 0) is 4.74 Å². The van der Waals surface area contributed by atoms with Crippen LogP contribution in [0.2, 0.25) is 5.15 Å². The zero-order chi connectivity index (χ0) is 12.3. The summed E-state index contributed by atoms with van der Waals surface area (Å²) >= 11 is 5.33. The summed E-state index contributed by atoms with van der Waals surface area (Å²) in [5, 5.41) is -0.565. The summed E-state index contributed by atoms with van der Waals surface area (Å²) in [6.07, 6.45) is 0.431. The Hall–Kier alpha value is -1.14. The van der Waals surface area contributed by atoms with Gasteiger partial charge in [0.2, 0.25) is 5.82 Å². The predicted molar refractivity (Wildman–Crippen MR) is 57.5 cm³/mol. The van der Waals surface area contributed by atoms with Crippen LogP contribution in [0.5, 0.6) is 0 Å². The van der Waals surface area contributed by atoms with Crippen LogP contribution in [0.25, 0.3) is 0 Å². The molecule has 0 saturated heterocycles. The average molecular weight is 251 g/mol. The molecule has 0 saturated carbocycles. The number of ether oxygens (including phenoxy) is 1. The van der Waals surface area contributed by atoms with E-state index in [1.54, 1.807) is 6.92 Å². The van der Waals surface area contributed by atoms with Gasteiger partial charge in [-0.3, -0.25) is 14.3 Å². The van der Waals surface area contributed by atoms with E-state index in [4.69, 9.17) is 16.3 Å². The number of methoxy groups -OCH3 is 1. The molecule has 7 heteroatoms. The van der Waals surface area contributed by atoms with Gasteiger partial charge in [0.1, 0.15) is 0 Å². The monoisotopic (exact) mass is 250 g/mol. The SMILES string of the molecule is COCCC(C)n1c(=O)[nH]c(Cl)c(F)c1=O. The third kappa shape index (κ3) is 2.51. The van der Waals surface area contributed by atoms with Crippen LogP contribution in [0.3, 0.4) is 0 Å². The smallest absolute Gasteiger partial charge is 0.329 e. The molecular formula is C9H12ClFN2O3. The van der Waals surface area contributed by atoms with Crippen molar-refractivity contribution in [1.82, 2.24) is 9.55 Å². The minimum absolute atomic E-state index is 0.372. The molecule has 1 N–H and O–H groups in total. The minimum Gasteiger partial charge on any atom is -0.385 e. The number of H-pyrrole nitrogens is 1. The molecule has 1 heterocycles. The molecule has 0 bridgehead atoms. The topological polar surface area (TPSA) is 64.1 Å². The van der Waals surface area contributed by atoms with Crippen LogP contribution >= 0.6 is 11.6 Å². The first-order chi connectivity index (χ1) is 7.49. The van der Waals surface area contributed by atoms with Gasteiger partial charge in [-0.25, -0.2) is 4.79 Å². The standard InChI is InChI=1S/C9H12ClFN2O3/c1-5(3-4-16-2)13-8(14)6(11)7(10)12-9(13)15/h5H,3-4H2,1-2H3,(H,12,15). The lowest BCUT2D eigenvalue weighted by Crippen LogP contribution is -2.39. The van der Waals surface area contributed by atoms with Crippen molar-refractivity contribution >= 4 is 11.6 Å². The second-order valence-electron chi connectivity index (χ2n) is 3.36. The number of nitrogens with one attached hydrogen (secondary N) is 1. The summed E-state index contributed by atoms with van der Waals surface area (Å²) in [5.74, 6) is -1.15. The Morgan fingerprint density at radius 3 is 2.75 bits per heavy atom. The number of halogens is 2. The zero-order valence-electron chi connectivity index (χ0n) is 8.92. The molecule has 1 atom stereocenters. The molecule has 1 unspecified atom stereocenters. The van der Waals surface area contributed by atoms with Crippen LogP contribution < -0.4 is 11.2 Å². The Kier molecular flexibility index (Phi) is 4.26. The first kappa shape index (κ1) is 12.9. The maximum absolute atomic E-state index is 13.2. The average Bonchev–Trinajstić information content (AvgIpc) is 2.23. The Morgan fingerprint density at radius 2 is 2.19 bits per heavy atom. The van der Waals surface area contributed by atoms with E-state index in [9.17, 15) is 14.0 Å². The second kappa shape index (κ2) is 5.27. The van der Waals surface area contributed by atoms with Crippen LogP contribution in [0.15, 0.2) is 9.59 Å². The lowest BCUT2D eigenvalue weighted by molar-refractivity contribution is 0.179. The molecule has 1 aromatic heterocycles. The van der Waals surface area contributed by atoms with Crippen molar-refractivity contribution < 1.29 is 9.13 Å². The van der Waals surface area contributed by atoms with E-state index in [0.29, 0.717) is 13.0 Å². The molecule has 0 aliphatic carbocycles. The molecule has 0 aromatic carbocycles. The van der Waals surface area contributed by atoms with Crippen LogP contribution in [0, 0.1) is 5.82 Å². The maximum Gasteiger partial charge on any atom is 0.329 e. The molecule has 0 spiro atoms. The molecule has 16 heavy (non-hydrogen) atoms. The quantitative estimate of drug-likeness (QED) is 0.809. The van der Waals surface area contributed by atoms with Gasteiger partial charge in [0.25, 0.3) is 5.56 Å². The lowest BCUT2D eigenvalue weighted by atomic mass is 10.2. The molecule has 1 rings (SSSR count). The van der Waals surface area contributed by atoms with E-state index in [1.165, 1.54) is 7.11 Å². The summed E-state index contributed by atoms with van der Waals surface area (Å²) in [4.78, 5) is 25.0. The summed E-state index contributed by atoms with van der Waals surface area (Å²) in [6, 6.07) is -0.456. The van der Waals surface area contributed by atoms with Crippen LogP contribution in [-0.4, -0.2) is 23.3 Å². The molecule has 0 fully saturated rings. The molecule has 0 radical (unpaired) electrons. The third-order valence-electron chi connectivity index (χ3n) is 2.22. The Morgan fingerprint density at radius 1 is 1.56 bits per heavy atom. The summed E-state index contributed by atoms with van der Waals surface area (Å²) in [5.41, 5.74) is -1.74. The number of hydrogen-bond donors (Lipinski definition) is 1. The van der Waals surface area contributed by atoms with E-state index in [2.05, 4.69) is 4.98 Å². The first-order valence-electron chi connectivity index (χ1n) is 4.67. The van der Waals surface area contributed by atoms with Crippen molar-refractivity contribution in [1.29, 1.82) is 0 Å². The molecular weight excluding hydrogens is 239 g/mol. The van der Waals surface area contributed by atoms with E-state index >= 15 is 0 Å². The molecule has 0 amide bonds. The van der Waals surface area contributed by atoms with Gasteiger partial charge in [-0.1, -0.05) is 11.6 Å². The normalized spacial score (nSPS) is 12.8. The van der Waals surface area contributed by atoms with Gasteiger partial charge in [0, 0.05) is 19.8 Å². The first-order valence-corrected chi connectivity index (χ1v) is 5.05. The Bertz CT molecular complexity index is 483. The predicted octanol–water partition coefficient (Wildman–Crippen LogP) is 0.927. The maximum atomic E-state index is 13.2. The van der Waals surface area contributed by atoms with E-state index < -0.39 is 28.3 Å². The fourth-order valence-electron chi connectivity index (χ4n) is 1.32. The highest BCUT2D eigenvalue weighted by atomic mass is 35.5. The molecule has 90 valence electrons. The highest BCUT2D eigenvalue weighted by molar-refractivity contribution is 6.29. The van der Waals surface area contributed by atoms with Gasteiger partial charge >= 0.3 is 5.69 Å². The fraction of sp³-hybridized carbons (Fsp3) is 0.556. The van der Waals surface area contributed by atoms with Crippen molar-refractivity contribution in [2.45, 2.75) is 19.4 Å². The van der Waals surface area contributed by atoms with Gasteiger partial charge in [0.05, 0.1) is 0 Å². The number of aromatic nitrogens is 2. The van der Waals surface area contributed by atoms with Crippen molar-refractivity contribution in [3.8, 4) is 0 Å². The number of aromatic amines is 1. The number of hydrogen-bond acceptors (Lipinski definition) is 3. The number of rotatable bonds is 4. The molecule has 0 aliphatic heterocycles. The van der Waals surface area contributed by atoms with Crippen LogP contribution in [0.4, 0.5) is 4.39 Å². The largest absolute Gasteiger partial charge is 0.385 e. The van der Waals surface area contributed by atoms with Gasteiger partial charge in [-0.15, -0.1) is 0 Å². The highest BCUT2D eigenvalue weighted by Crippen LogP contribution is 2.08. The fourth-order valence-corrected chi connectivity index (χ4v) is 1.48. The van der Waals surface area contributed by atoms with E-state index in [0.717, 1.165) is 4.57 Å². The minimum atomic E-state index is -1.15. The van der Waals surface area contributed by atoms with Crippen molar-refractivity contribution in [3.63, 3.8) is 0 Å². The molecule has 1 aromatic rings. The Balaban J connectivity index is 3.19. The summed E-state index contributed by atoms with van der Waals surface area (Å²) in [7, 11) is 1.50. The van der Waals surface area contributed by atoms with Gasteiger partial charge in [0.15, 0.2) is 5.15 Å². The van der Waals surface area contributed by atoms with Gasteiger partial charge in [-0.05, 0) is 13.3 Å². The van der Waals surface area contributed by atoms with Crippen LogP contribution in [0.1, 0.15) is 19.4 Å². The zero-order valence-corrected chi connectivity index (χ0v) is 9.68. The lowest BCUT2D eigenvalue weighted by Gasteiger charge is -2.13. The third-order valence-corrected chi connectivity index (χ3v) is 2.48. The van der Waals surface area contributed by atoms with Crippen molar-refractivity contribution in [3.05, 3.63) is 31.8 Å². The molecule has 0 aliphatic rings. The van der Waals surface area contributed by atoms with Gasteiger partial charge in [-0.2, -0.15) is 4.39 Å². The van der Waals surface area contributed by atoms with Crippen molar-refractivity contribution in [2.75, 3.05) is 13.7 Å². The highest BCUT2D eigenvalue weighted by Gasteiger charge is 2.16. The van der Waals surface area contributed by atoms with Crippen molar-refractivity contribution in [2.24, 2.45) is 0 Å². The van der Waals surface area contributed by atoms with E-state index in [-0.39, 0.29) is 0 Å². The summed E-state index contributed by atoms with van der Waals surface area (Å²) in [6.45, 7) is 2.00.